The Kier molecular flexibility index (Phi) is 8.22. The lowest BCUT2D eigenvalue weighted by Gasteiger charge is -2.11. The van der Waals surface area contributed by atoms with E-state index in [1.807, 2.05) is 0 Å². The number of ether oxygens (including phenoxy) is 3. The Bertz CT molecular complexity index is 1160. The van der Waals surface area contributed by atoms with Gasteiger partial charge in [-0.3, -0.25) is 10.1 Å². The van der Waals surface area contributed by atoms with Gasteiger partial charge in [-0.2, -0.15) is 5.10 Å². The third kappa shape index (κ3) is 6.67. The second-order valence-electron chi connectivity index (χ2n) is 6.27. The van der Waals surface area contributed by atoms with E-state index < -0.39 is 17.8 Å². The molecule has 1 N–H and O–H groups in total. The fraction of sp³-hybridized carbons (Fsp3) is 0.136. The Morgan fingerprint density at radius 1 is 1.15 bits per heavy atom. The van der Waals surface area contributed by atoms with Gasteiger partial charge in [-0.15, -0.1) is 5.10 Å². The number of nitrogens with zero attached hydrogens (tertiary/aromatic N) is 2. The molecule has 0 atom stereocenters. The lowest BCUT2D eigenvalue weighted by Crippen LogP contribution is -2.19. The second-order valence-corrected chi connectivity index (χ2v) is 7.74. The Morgan fingerprint density at radius 3 is 2.61 bits per heavy atom. The molecule has 0 radical (unpaired) electrons. The van der Waals surface area contributed by atoms with E-state index in [9.17, 15) is 14.4 Å². The molecule has 2 aromatic rings. The van der Waals surface area contributed by atoms with Crippen LogP contribution in [-0.2, 0) is 14.3 Å². The van der Waals surface area contributed by atoms with E-state index in [2.05, 4.69) is 20.3 Å². The fourth-order valence-corrected chi connectivity index (χ4v) is 3.36. The highest BCUT2D eigenvalue weighted by atomic mass is 35.5. The van der Waals surface area contributed by atoms with Gasteiger partial charge in [0.1, 0.15) is 0 Å². The van der Waals surface area contributed by atoms with Crippen LogP contribution in [0, 0.1) is 0 Å². The normalized spacial score (nSPS) is 15.7. The number of halogens is 1. The summed E-state index contributed by atoms with van der Waals surface area (Å²) < 4.78 is 15.5. The van der Waals surface area contributed by atoms with Gasteiger partial charge in [0.05, 0.1) is 30.4 Å². The summed E-state index contributed by atoms with van der Waals surface area (Å²) in [5, 5.41) is 11.1. The van der Waals surface area contributed by atoms with Gasteiger partial charge in [0, 0.05) is 11.1 Å². The van der Waals surface area contributed by atoms with Gasteiger partial charge in [0.2, 0.25) is 0 Å². The van der Waals surface area contributed by atoms with Crippen LogP contribution in [-0.4, -0.2) is 42.9 Å². The number of esters is 2. The average molecular weight is 488 g/mol. The first-order valence-corrected chi connectivity index (χ1v) is 10.7. The molecule has 3 rings (SSSR count). The number of carbonyl (C=O) groups is 3. The number of methoxy groups -OCH3 is 1. The van der Waals surface area contributed by atoms with Crippen LogP contribution < -0.4 is 14.8 Å². The third-order valence-electron chi connectivity index (χ3n) is 4.01. The van der Waals surface area contributed by atoms with Gasteiger partial charge in [-0.05, 0) is 66.7 Å². The molecule has 33 heavy (non-hydrogen) atoms. The Labute approximate surface area is 198 Å². The summed E-state index contributed by atoms with van der Waals surface area (Å²) in [4.78, 5) is 35.7. The molecule has 1 saturated heterocycles. The predicted molar refractivity (Wildman–Crippen MR) is 125 cm³/mol. The van der Waals surface area contributed by atoms with Crippen molar-refractivity contribution in [2.24, 2.45) is 10.2 Å². The summed E-state index contributed by atoms with van der Waals surface area (Å²) in [6.07, 6.45) is 2.51. The topological polar surface area (TPSA) is 116 Å². The predicted octanol–water partition coefficient (Wildman–Crippen LogP) is 3.57. The lowest BCUT2D eigenvalue weighted by molar-refractivity contribution is -0.135. The Hall–Kier alpha value is -3.63. The summed E-state index contributed by atoms with van der Waals surface area (Å²) in [5.41, 5.74) is 0.966. The van der Waals surface area contributed by atoms with Crippen molar-refractivity contribution in [2.75, 3.05) is 13.7 Å². The van der Waals surface area contributed by atoms with Crippen molar-refractivity contribution in [3.63, 3.8) is 0 Å². The Balaban J connectivity index is 1.71. The minimum atomic E-state index is -0.641. The van der Waals surface area contributed by atoms with E-state index in [-0.39, 0.29) is 15.8 Å². The monoisotopic (exact) mass is 487 g/mol. The lowest BCUT2D eigenvalue weighted by atomic mass is 10.2. The van der Waals surface area contributed by atoms with Gasteiger partial charge in [0.15, 0.2) is 16.7 Å². The van der Waals surface area contributed by atoms with Crippen LogP contribution in [0.15, 0.2) is 63.6 Å². The highest BCUT2D eigenvalue weighted by Crippen LogP contribution is 2.29. The van der Waals surface area contributed by atoms with Crippen LogP contribution >= 0.6 is 23.4 Å². The number of rotatable bonds is 7. The largest absolute Gasteiger partial charge is 0.490 e. The van der Waals surface area contributed by atoms with E-state index in [0.29, 0.717) is 28.5 Å². The van der Waals surface area contributed by atoms with E-state index >= 15 is 0 Å². The molecule has 1 fully saturated rings. The zero-order valence-electron chi connectivity index (χ0n) is 17.5. The molecule has 0 unspecified atom stereocenters. The fourth-order valence-electron chi connectivity index (χ4n) is 2.49. The molecule has 0 bridgehead atoms. The summed E-state index contributed by atoms with van der Waals surface area (Å²) in [5.74, 6) is -1.06. The zero-order chi connectivity index (χ0) is 23.8. The van der Waals surface area contributed by atoms with Crippen molar-refractivity contribution >= 4 is 52.6 Å². The first-order valence-electron chi connectivity index (χ1n) is 9.54. The molecule has 11 heteroatoms. The summed E-state index contributed by atoms with van der Waals surface area (Å²) >= 11 is 6.81. The molecule has 2 aromatic carbocycles. The first-order chi connectivity index (χ1) is 15.9. The number of thioether (sulfide) groups is 1. The van der Waals surface area contributed by atoms with E-state index in [1.54, 1.807) is 49.4 Å². The highest BCUT2D eigenvalue weighted by Gasteiger charge is 2.25. The highest BCUT2D eigenvalue weighted by molar-refractivity contribution is 8.18. The van der Waals surface area contributed by atoms with Crippen LogP contribution in [0.5, 0.6) is 11.5 Å². The Morgan fingerprint density at radius 2 is 1.91 bits per heavy atom. The van der Waals surface area contributed by atoms with E-state index in [1.165, 1.54) is 13.3 Å². The third-order valence-corrected chi connectivity index (χ3v) is 5.16. The minimum absolute atomic E-state index is 0.154. The smallest absolute Gasteiger partial charge is 0.343 e. The molecule has 170 valence electrons. The standard InChI is InChI=1S/C22H18ClN3O6S/c1-3-31-17-10-13(4-9-16(17)32-21(29)14-5-7-15(23)8-6-14)12-24-26-22-25-20(28)18(33-22)11-19(27)30-2/h4-12H,3H2,1-2H3,(H,25,26,28)/b18-11+,24-12?. The number of benzene rings is 2. The molecule has 1 aliphatic rings. The van der Waals surface area contributed by atoms with Gasteiger partial charge >= 0.3 is 11.9 Å². The second kappa shape index (κ2) is 11.3. The maximum atomic E-state index is 12.4. The summed E-state index contributed by atoms with van der Waals surface area (Å²) in [6.45, 7) is 2.16. The molecular formula is C22H18ClN3O6S. The van der Waals surface area contributed by atoms with Crippen molar-refractivity contribution < 1.29 is 28.6 Å². The summed E-state index contributed by atoms with van der Waals surface area (Å²) in [7, 11) is 1.22. The maximum absolute atomic E-state index is 12.4. The number of amides is 1. The van der Waals surface area contributed by atoms with Crippen LogP contribution in [0.25, 0.3) is 0 Å². The van der Waals surface area contributed by atoms with E-state index in [4.69, 9.17) is 21.1 Å². The number of nitrogens with one attached hydrogen (secondary N) is 1. The van der Waals surface area contributed by atoms with E-state index in [0.717, 1.165) is 17.8 Å². The van der Waals surface area contributed by atoms with Gasteiger partial charge < -0.3 is 14.2 Å². The molecular weight excluding hydrogens is 470 g/mol. The van der Waals surface area contributed by atoms with Crippen LogP contribution in [0.3, 0.4) is 0 Å². The van der Waals surface area contributed by atoms with Crippen molar-refractivity contribution in [3.05, 3.63) is 69.6 Å². The van der Waals surface area contributed by atoms with Crippen molar-refractivity contribution in [1.82, 2.24) is 5.32 Å². The minimum Gasteiger partial charge on any atom is -0.490 e. The number of hydrogen-bond acceptors (Lipinski definition) is 9. The molecule has 0 aromatic heterocycles. The average Bonchev–Trinajstić information content (AvgIpc) is 3.14. The molecule has 9 nitrogen and oxygen atoms in total. The van der Waals surface area contributed by atoms with Crippen LogP contribution in [0.1, 0.15) is 22.8 Å². The molecule has 0 aliphatic carbocycles. The van der Waals surface area contributed by atoms with Crippen molar-refractivity contribution in [3.8, 4) is 11.5 Å². The SMILES string of the molecule is CCOc1cc(C=N/N=C2/NC(=O)/C(=C\C(=O)OC)S2)ccc1OC(=O)c1ccc(Cl)cc1. The van der Waals surface area contributed by atoms with Crippen LogP contribution in [0.4, 0.5) is 0 Å². The molecule has 1 amide bonds. The van der Waals surface area contributed by atoms with Gasteiger partial charge in [-0.25, -0.2) is 9.59 Å². The van der Waals surface area contributed by atoms with Gasteiger partial charge in [-0.1, -0.05) is 11.6 Å². The van der Waals surface area contributed by atoms with Crippen molar-refractivity contribution in [2.45, 2.75) is 6.92 Å². The number of hydrogen-bond donors (Lipinski definition) is 1. The van der Waals surface area contributed by atoms with Crippen molar-refractivity contribution in [1.29, 1.82) is 0 Å². The molecule has 1 aliphatic heterocycles. The summed E-state index contributed by atoms with van der Waals surface area (Å²) in [6, 6.07) is 11.2. The molecule has 0 spiro atoms. The number of amidine groups is 1. The number of carbonyl (C=O) groups excluding carboxylic acids is 3. The first kappa shape index (κ1) is 24.0. The molecule has 1 heterocycles. The quantitative estimate of drug-likeness (QED) is 0.209. The molecule has 0 saturated carbocycles. The van der Waals surface area contributed by atoms with Crippen LogP contribution in [0.2, 0.25) is 5.02 Å². The zero-order valence-corrected chi connectivity index (χ0v) is 19.1. The maximum Gasteiger partial charge on any atom is 0.343 e. The van der Waals surface area contributed by atoms with Gasteiger partial charge in [0.25, 0.3) is 5.91 Å².